The Morgan fingerprint density at radius 1 is 1.50 bits per heavy atom. The van der Waals surface area contributed by atoms with Crippen molar-refractivity contribution in [2.24, 2.45) is 11.7 Å². The third-order valence-electron chi connectivity index (χ3n) is 1.20. The molecule has 0 aliphatic carbocycles. The number of carbonyl (C=O) groups is 1. The van der Waals surface area contributed by atoms with E-state index in [9.17, 15) is 9.36 Å². The maximum Gasteiger partial charge on any atom is 0.527 e. The Labute approximate surface area is 70.0 Å². The molecular weight excluding hydrogens is 185 g/mol. The van der Waals surface area contributed by atoms with Gasteiger partial charge in [-0.3, -0.25) is 9.79 Å². The Bertz CT molecular complexity index is 210. The van der Waals surface area contributed by atoms with Crippen LogP contribution < -0.4 is 5.73 Å². The second-order valence-corrected chi connectivity index (χ2v) is 3.83. The highest BCUT2D eigenvalue weighted by molar-refractivity contribution is 7.46. The molecule has 0 heterocycles. The molecule has 0 spiro atoms. The van der Waals surface area contributed by atoms with Gasteiger partial charge in [0, 0.05) is 0 Å². The number of phosphoric ester groups is 1. The molecule has 0 aromatic rings. The van der Waals surface area contributed by atoms with E-state index in [2.05, 4.69) is 4.52 Å². The molecule has 0 aromatic heterocycles. The Morgan fingerprint density at radius 2 is 1.92 bits per heavy atom. The monoisotopic (exact) mass is 197 g/mol. The van der Waals surface area contributed by atoms with Crippen LogP contribution >= 0.6 is 7.82 Å². The lowest BCUT2D eigenvalue weighted by molar-refractivity contribution is -0.138. The molecule has 0 saturated carbocycles. The SMILES string of the molecule is CC(C)[C@H](N)C(=O)OP(=O)(O)O. The van der Waals surface area contributed by atoms with E-state index in [0.29, 0.717) is 0 Å². The molecule has 0 unspecified atom stereocenters. The lowest BCUT2D eigenvalue weighted by atomic mass is 10.1. The fraction of sp³-hybridized carbons (Fsp3) is 0.800. The average Bonchev–Trinajstić information content (AvgIpc) is 1.82. The summed E-state index contributed by atoms with van der Waals surface area (Å²) in [5, 5.41) is 0. The predicted molar refractivity (Wildman–Crippen MR) is 40.9 cm³/mol. The zero-order valence-electron chi connectivity index (χ0n) is 6.80. The van der Waals surface area contributed by atoms with Gasteiger partial charge in [-0.15, -0.1) is 0 Å². The highest BCUT2D eigenvalue weighted by Crippen LogP contribution is 2.36. The lowest BCUT2D eigenvalue weighted by Crippen LogP contribution is -2.36. The van der Waals surface area contributed by atoms with Gasteiger partial charge in [-0.2, -0.15) is 0 Å². The summed E-state index contributed by atoms with van der Waals surface area (Å²) in [6, 6.07) is -1.00. The van der Waals surface area contributed by atoms with Gasteiger partial charge < -0.3 is 10.3 Å². The van der Waals surface area contributed by atoms with Crippen molar-refractivity contribution in [2.45, 2.75) is 19.9 Å². The summed E-state index contributed by atoms with van der Waals surface area (Å²) in [7, 11) is -4.74. The summed E-state index contributed by atoms with van der Waals surface area (Å²) in [5.41, 5.74) is 5.25. The van der Waals surface area contributed by atoms with Gasteiger partial charge in [0.15, 0.2) is 0 Å². The minimum atomic E-state index is -4.74. The fourth-order valence-electron chi connectivity index (χ4n) is 0.450. The first-order valence-corrected chi connectivity index (χ1v) is 4.81. The zero-order chi connectivity index (χ0) is 9.94. The van der Waals surface area contributed by atoms with E-state index in [4.69, 9.17) is 15.5 Å². The van der Waals surface area contributed by atoms with Crippen molar-refractivity contribution in [3.8, 4) is 0 Å². The molecule has 12 heavy (non-hydrogen) atoms. The molecule has 0 aromatic carbocycles. The largest absolute Gasteiger partial charge is 0.527 e. The van der Waals surface area contributed by atoms with E-state index in [1.54, 1.807) is 13.8 Å². The Kier molecular flexibility index (Phi) is 3.86. The molecule has 7 heteroatoms. The van der Waals surface area contributed by atoms with Crippen LogP contribution in [0.5, 0.6) is 0 Å². The molecule has 0 bridgehead atoms. The van der Waals surface area contributed by atoms with Crippen LogP contribution in [0.4, 0.5) is 0 Å². The maximum absolute atomic E-state index is 10.8. The van der Waals surface area contributed by atoms with Gasteiger partial charge in [-0.1, -0.05) is 13.8 Å². The molecule has 6 nitrogen and oxygen atoms in total. The van der Waals surface area contributed by atoms with Gasteiger partial charge in [0.2, 0.25) is 0 Å². The molecule has 4 N–H and O–H groups in total. The van der Waals surface area contributed by atoms with Crippen LogP contribution in [0.1, 0.15) is 13.8 Å². The van der Waals surface area contributed by atoms with E-state index >= 15 is 0 Å². The number of hydrogen-bond acceptors (Lipinski definition) is 4. The van der Waals surface area contributed by atoms with Gasteiger partial charge in [0.05, 0.1) is 0 Å². The number of nitrogens with two attached hydrogens (primary N) is 1. The molecule has 0 saturated heterocycles. The molecule has 0 radical (unpaired) electrons. The van der Waals surface area contributed by atoms with E-state index < -0.39 is 19.8 Å². The lowest BCUT2D eigenvalue weighted by Gasteiger charge is -2.14. The van der Waals surface area contributed by atoms with Crippen LogP contribution in [-0.4, -0.2) is 21.8 Å². The number of rotatable bonds is 3. The zero-order valence-corrected chi connectivity index (χ0v) is 7.69. The maximum atomic E-state index is 10.8. The summed E-state index contributed by atoms with van der Waals surface area (Å²) >= 11 is 0. The standard InChI is InChI=1S/C5H12NO5P/c1-3(2)4(6)5(7)11-12(8,9)10/h3-4H,6H2,1-2H3,(H2,8,9,10)/t4-/m0/s1. The number of hydrogen-bond donors (Lipinski definition) is 3. The molecule has 0 amide bonds. The van der Waals surface area contributed by atoms with Gasteiger partial charge in [0.1, 0.15) is 6.04 Å². The van der Waals surface area contributed by atoms with E-state index in [0.717, 1.165) is 0 Å². The molecule has 0 fully saturated rings. The van der Waals surface area contributed by atoms with Gasteiger partial charge in [-0.25, -0.2) is 9.36 Å². The summed E-state index contributed by atoms with van der Waals surface area (Å²) in [6.45, 7) is 3.29. The van der Waals surface area contributed by atoms with Crippen LogP contribution in [0.25, 0.3) is 0 Å². The normalized spacial score (nSPS) is 14.5. The molecular formula is C5H12NO5P. The smallest absolute Gasteiger partial charge is 0.369 e. The molecule has 0 aliphatic rings. The van der Waals surface area contributed by atoms with Crippen molar-refractivity contribution in [3.63, 3.8) is 0 Å². The van der Waals surface area contributed by atoms with Crippen LogP contribution in [0, 0.1) is 5.92 Å². The number of phosphoric acid groups is 1. The van der Waals surface area contributed by atoms with E-state index in [-0.39, 0.29) is 5.92 Å². The second-order valence-electron chi connectivity index (χ2n) is 2.67. The van der Waals surface area contributed by atoms with Crippen molar-refractivity contribution in [3.05, 3.63) is 0 Å². The molecule has 0 rings (SSSR count). The van der Waals surface area contributed by atoms with Gasteiger partial charge in [-0.05, 0) is 5.92 Å². The molecule has 0 aliphatic heterocycles. The van der Waals surface area contributed by atoms with Gasteiger partial charge >= 0.3 is 13.8 Å². The van der Waals surface area contributed by atoms with Crippen LogP contribution in [0.3, 0.4) is 0 Å². The number of carbonyl (C=O) groups excluding carboxylic acids is 1. The quantitative estimate of drug-likeness (QED) is 0.531. The highest BCUT2D eigenvalue weighted by atomic mass is 31.2. The van der Waals surface area contributed by atoms with E-state index in [1.807, 2.05) is 0 Å². The van der Waals surface area contributed by atoms with Crippen LogP contribution in [-0.2, 0) is 13.9 Å². The van der Waals surface area contributed by atoms with Crippen LogP contribution in [0.2, 0.25) is 0 Å². The topological polar surface area (TPSA) is 110 Å². The summed E-state index contributed by atoms with van der Waals surface area (Å²) in [4.78, 5) is 27.2. The first-order valence-electron chi connectivity index (χ1n) is 3.28. The van der Waals surface area contributed by atoms with Crippen molar-refractivity contribution in [1.29, 1.82) is 0 Å². The summed E-state index contributed by atoms with van der Waals surface area (Å²) < 4.78 is 13.9. The Balaban J connectivity index is 4.15. The van der Waals surface area contributed by atoms with E-state index in [1.165, 1.54) is 0 Å². The third-order valence-corrected chi connectivity index (χ3v) is 1.62. The van der Waals surface area contributed by atoms with Crippen molar-refractivity contribution >= 4 is 13.8 Å². The first kappa shape index (κ1) is 11.6. The minimum Gasteiger partial charge on any atom is -0.369 e. The molecule has 1 atom stereocenters. The highest BCUT2D eigenvalue weighted by Gasteiger charge is 2.26. The Hall–Kier alpha value is -0.420. The summed E-state index contributed by atoms with van der Waals surface area (Å²) in [5.74, 6) is -1.30. The first-order chi connectivity index (χ1) is 5.24. The van der Waals surface area contributed by atoms with Crippen molar-refractivity contribution in [1.82, 2.24) is 0 Å². The van der Waals surface area contributed by atoms with Crippen molar-refractivity contribution in [2.75, 3.05) is 0 Å². The second kappa shape index (κ2) is 4.00. The molecule has 72 valence electrons. The Morgan fingerprint density at radius 3 is 2.17 bits per heavy atom. The average molecular weight is 197 g/mol. The minimum absolute atomic E-state index is 0.218. The van der Waals surface area contributed by atoms with Crippen molar-refractivity contribution < 1.29 is 23.7 Å². The third kappa shape index (κ3) is 4.46. The van der Waals surface area contributed by atoms with Gasteiger partial charge in [0.25, 0.3) is 0 Å². The van der Waals surface area contributed by atoms with Crippen LogP contribution in [0.15, 0.2) is 0 Å². The predicted octanol–water partition coefficient (Wildman–Crippen LogP) is -0.394. The fourth-order valence-corrected chi connectivity index (χ4v) is 0.806. The summed E-state index contributed by atoms with van der Waals surface area (Å²) in [6.07, 6.45) is 0.